The van der Waals surface area contributed by atoms with Crippen molar-refractivity contribution in [1.82, 2.24) is 94.1 Å². The first-order valence-corrected chi connectivity index (χ1v) is 51.0. The largest absolute Gasteiger partial charge is 1.00 e. The van der Waals surface area contributed by atoms with Crippen molar-refractivity contribution in [3.05, 3.63) is 0 Å². The zero-order chi connectivity index (χ0) is 115. The van der Waals surface area contributed by atoms with Crippen LogP contribution >= 0.6 is 0 Å². The number of hydrogen-bond acceptors (Lipinski definition) is 33. The minimum Gasteiger partial charge on any atom is -0.870 e. The average Bonchev–Trinajstić information content (AvgIpc) is 1.28. The molecular weight excluding hydrogens is 1910 g/mol. The van der Waals surface area contributed by atoms with E-state index in [1.807, 2.05) is 144 Å². The second kappa shape index (κ2) is 83.0. The fourth-order valence-corrected chi connectivity index (χ4v) is 12.8. The summed E-state index contributed by atoms with van der Waals surface area (Å²) in [5.41, 5.74) is -2.28. The van der Waals surface area contributed by atoms with Crippen LogP contribution in [-0.4, -0.2) is 520 Å². The standard InChI is InChI=1S/C21H36N4O6.C21H41N3O4.C17H33N3O4.C15H31N3O3.C14H29N3O3.C10H19NO4.C5H14N2.Li.H2O/c1-6-7-8-9-10-17(26)24(5)16(21(30)23(4)14-13-22(2)3)15-20(29)31-25-18(27)11-12-19(25)28;1-9-10-11-12-13-18(25)24(8)17(16-19(26)28-21(2,3)4)20(27)23(7)15-14-22(5)6;1-6-7-8-9-10-15(21)20(5)14(13-16(22)23)17(24)19(4)12-11-18(2)3;1-15(2,3)21-13(19)11-12(17(6)7)14(20)18(8)10-9-16(4)5;1-14(2,3)20-12(18)10-11(15-4)13(19)17(7)9-8-16(5)6;1-10(2,3)15-8(12)6-7(9(13)14)11(4)5;1-6-4-5-7(2)3;;/h16H,6-15H2,1-5H3;17H,9-16H2,1-8H3;14H,6-13H2,1-5H3,(H,22,23);12H,9-11H2,1-8H3;11,15H,8-10H2,1-7H3;7H,6H2,1-5H3,(H,13,14);6H,4-5H2,1-3H3;;1H2/q;;;;;;;+1;/p-1. The van der Waals surface area contributed by atoms with Gasteiger partial charge in [-0.15, -0.1) is 5.06 Å². The van der Waals surface area contributed by atoms with Crippen molar-refractivity contribution in [2.24, 2.45) is 0 Å². The molecule has 5 N–H and O–H groups in total. The normalized spacial score (nSPS) is 13.0. The molecule has 0 spiro atoms. The monoisotopic (exact) mass is 2110 g/mol. The summed E-state index contributed by atoms with van der Waals surface area (Å²) in [5.74, 6) is -7.55. The molecule has 0 aliphatic carbocycles. The van der Waals surface area contributed by atoms with Gasteiger partial charge < -0.3 is 119 Å². The average molecular weight is 2120 g/mol. The van der Waals surface area contributed by atoms with Crippen LogP contribution in [0.4, 0.5) is 0 Å². The number of hydrogen-bond donors (Lipinski definition) is 4. The van der Waals surface area contributed by atoms with Gasteiger partial charge in [0.2, 0.25) is 47.3 Å². The van der Waals surface area contributed by atoms with E-state index < -0.39 is 113 Å². The Bertz CT molecular complexity index is 3780. The number of ether oxygens (including phenoxy) is 4. The molecule has 1 saturated heterocycles. The molecule has 1 fully saturated rings. The number of amides is 10. The summed E-state index contributed by atoms with van der Waals surface area (Å²) in [7, 11) is 46.9. The van der Waals surface area contributed by atoms with Gasteiger partial charge >= 0.3 is 60.6 Å². The number of likely N-dealkylation sites (N-methyl/N-ethyl adjacent to an activating group) is 18. The van der Waals surface area contributed by atoms with E-state index in [0.29, 0.717) is 76.7 Å². The Hall–Kier alpha value is -8.65. The van der Waals surface area contributed by atoms with Gasteiger partial charge in [0.1, 0.15) is 46.6 Å². The van der Waals surface area contributed by atoms with Crippen LogP contribution in [0.15, 0.2) is 0 Å². The maximum Gasteiger partial charge on any atom is 1.00 e. The van der Waals surface area contributed by atoms with Gasteiger partial charge in [-0.2, -0.15) is 0 Å². The number of nitrogens with one attached hydrogen (secondary N) is 2. The molecule has 0 aromatic carbocycles. The third kappa shape index (κ3) is 81.2. The van der Waals surface area contributed by atoms with E-state index in [2.05, 4.69) is 50.4 Å². The van der Waals surface area contributed by atoms with Crippen LogP contribution in [0.3, 0.4) is 0 Å². The smallest absolute Gasteiger partial charge is 0.870 e. The molecule has 0 aromatic rings. The molecule has 6 atom stereocenters. The van der Waals surface area contributed by atoms with Crippen LogP contribution in [0.25, 0.3) is 0 Å². The zero-order valence-electron chi connectivity index (χ0n) is 99.6. The fourth-order valence-electron chi connectivity index (χ4n) is 12.8. The molecule has 0 aromatic heterocycles. The van der Waals surface area contributed by atoms with E-state index in [-0.39, 0.29) is 129 Å². The minimum absolute atomic E-state index is 0. The summed E-state index contributed by atoms with van der Waals surface area (Å²) in [4.78, 5) is 238. The number of rotatable bonds is 58. The van der Waals surface area contributed by atoms with Gasteiger partial charge in [0.05, 0.1) is 50.6 Å². The maximum absolute atomic E-state index is 13.0. The Kier molecular flexibility index (Phi) is 86.7. The molecule has 44 nitrogen and oxygen atoms in total. The number of aliphatic carboxylic acids is 2. The number of carbonyl (C=O) groups is 17. The minimum atomic E-state index is -1.08. The Labute approximate surface area is 902 Å². The predicted molar refractivity (Wildman–Crippen MR) is 573 cm³/mol. The van der Waals surface area contributed by atoms with Gasteiger partial charge in [0.25, 0.3) is 11.8 Å². The molecule has 0 saturated carbocycles. The van der Waals surface area contributed by atoms with E-state index in [1.165, 1.54) is 43.5 Å². The second-order valence-electron chi connectivity index (χ2n) is 42.9. The quantitative estimate of drug-likeness (QED) is 0.0223. The van der Waals surface area contributed by atoms with Gasteiger partial charge in [-0.25, -0.2) is 4.79 Å². The van der Waals surface area contributed by atoms with Crippen molar-refractivity contribution >= 4 is 101 Å². The van der Waals surface area contributed by atoms with Crippen molar-refractivity contribution in [1.29, 1.82) is 0 Å². The van der Waals surface area contributed by atoms with Gasteiger partial charge in [0.15, 0.2) is 0 Å². The third-order valence-electron chi connectivity index (χ3n) is 21.8. The van der Waals surface area contributed by atoms with Crippen LogP contribution < -0.4 is 29.5 Å². The van der Waals surface area contributed by atoms with Crippen molar-refractivity contribution < 1.29 is 140 Å². The van der Waals surface area contributed by atoms with E-state index in [4.69, 9.17) is 34.0 Å². The summed E-state index contributed by atoms with van der Waals surface area (Å²) < 4.78 is 21.0. The van der Waals surface area contributed by atoms with Crippen molar-refractivity contribution in [3.63, 3.8) is 0 Å². The number of imide groups is 1. The Morgan fingerprint density at radius 3 is 0.777 bits per heavy atom. The molecule has 1 heterocycles. The molecule has 0 bridgehead atoms. The first-order valence-electron chi connectivity index (χ1n) is 51.0. The van der Waals surface area contributed by atoms with E-state index in [9.17, 15) is 81.5 Å². The molecule has 862 valence electrons. The SMILES string of the molecule is CCCCCCC(=O)N(C)C(CC(=O)O)C(=O)N(C)CCN(C)C.CCCCCCC(=O)N(C)C(CC(=O)OC(C)(C)C)C(=O)N(C)CCN(C)C.CCCCCCC(=O)N(C)C(CC(=O)ON1C(=O)CCC1=O)C(=O)N(C)CCN(C)C.CN(C)C(CC(=O)OC(C)(C)C)C(=O)O.CN(C)CCN(C)C(=O)C(CC(=O)OC(C)(C)C)N(C)C.CNC(CC(=O)OC(C)(C)C)C(=O)N(C)CCN(C)C.CNCCN(C)C.[Li+].[OH-]. The van der Waals surface area contributed by atoms with E-state index in [1.54, 1.807) is 139 Å². The number of carboxylic acid groups (broad SMARTS) is 2. The van der Waals surface area contributed by atoms with Crippen molar-refractivity contribution in [2.45, 2.75) is 310 Å². The number of esters is 4. The molecule has 10 amide bonds. The first kappa shape index (κ1) is 155. The summed E-state index contributed by atoms with van der Waals surface area (Å²) in [6, 6.07) is -4.75. The zero-order valence-corrected chi connectivity index (χ0v) is 99.6. The van der Waals surface area contributed by atoms with Gasteiger partial charge in [-0.1, -0.05) is 78.6 Å². The Morgan fingerprint density at radius 1 is 0.318 bits per heavy atom. The summed E-state index contributed by atoms with van der Waals surface area (Å²) in [6.45, 7) is 36.2. The molecule has 1 rings (SSSR count). The van der Waals surface area contributed by atoms with E-state index in [0.717, 1.165) is 96.8 Å². The number of unbranched alkanes of at least 4 members (excludes halogenated alkanes) is 9. The van der Waals surface area contributed by atoms with Crippen LogP contribution in [0.2, 0.25) is 0 Å². The van der Waals surface area contributed by atoms with Gasteiger partial charge in [-0.05, 0) is 229 Å². The van der Waals surface area contributed by atoms with Crippen molar-refractivity contribution in [3.8, 4) is 0 Å². The third-order valence-corrected chi connectivity index (χ3v) is 21.8. The predicted octanol–water partition coefficient (Wildman–Crippen LogP) is 2.94. The fraction of sp³-hybridized carbons (Fsp3) is 0.835. The molecule has 6 unspecified atom stereocenters. The molecule has 1 aliphatic heterocycles. The van der Waals surface area contributed by atoms with Crippen LogP contribution in [0, 0.1) is 0 Å². The number of carbonyl (C=O) groups excluding carboxylic acids is 15. The molecule has 148 heavy (non-hydrogen) atoms. The summed E-state index contributed by atoms with van der Waals surface area (Å²) >= 11 is 0. The first-order chi connectivity index (χ1) is 67.1. The van der Waals surface area contributed by atoms with Crippen LogP contribution in [-0.2, 0) is 105 Å². The van der Waals surface area contributed by atoms with Crippen LogP contribution in [0.5, 0.6) is 0 Å². The topological polar surface area (TPSA) is 486 Å². The van der Waals surface area contributed by atoms with Gasteiger partial charge in [-0.3, -0.25) is 86.5 Å². The molecule has 45 heteroatoms. The Morgan fingerprint density at radius 2 is 0.554 bits per heavy atom. The maximum atomic E-state index is 13.0. The summed E-state index contributed by atoms with van der Waals surface area (Å²) in [5, 5.41) is 24.3. The van der Waals surface area contributed by atoms with Gasteiger partial charge in [0, 0.05) is 167 Å². The van der Waals surface area contributed by atoms with Crippen molar-refractivity contribution in [2.75, 3.05) is 262 Å². The van der Waals surface area contributed by atoms with E-state index >= 15 is 0 Å². The van der Waals surface area contributed by atoms with Crippen LogP contribution in [0.1, 0.15) is 252 Å². The number of carboxylic acids is 2. The number of hydroxylamine groups is 2. The second-order valence-corrected chi connectivity index (χ2v) is 42.9. The Balaban J connectivity index is -0.000000263. The molecule has 0 radical (unpaired) electrons. The number of nitrogens with zero attached hydrogens (tertiary/aromatic N) is 17. The molecule has 1 aliphatic rings. The summed E-state index contributed by atoms with van der Waals surface area (Å²) in [6.07, 6.45) is 11.5. The molecular formula is C103H204LiN19O25.